The fourth-order valence-corrected chi connectivity index (χ4v) is 3.01. The summed E-state index contributed by atoms with van der Waals surface area (Å²) in [5.74, 6) is -0.363. The van der Waals surface area contributed by atoms with Crippen LogP contribution < -0.4 is 0 Å². The molecule has 0 unspecified atom stereocenters. The Hall–Kier alpha value is -1.97. The lowest BCUT2D eigenvalue weighted by Crippen LogP contribution is -2.38. The summed E-state index contributed by atoms with van der Waals surface area (Å²) < 4.78 is 41.4. The number of carbonyl (C=O) groups is 1. The normalized spacial score (nSPS) is 19.4. The summed E-state index contributed by atoms with van der Waals surface area (Å²) in [5.41, 5.74) is -0.523. The van der Waals surface area contributed by atoms with Gasteiger partial charge in [0.25, 0.3) is 5.91 Å². The number of halogens is 3. The van der Waals surface area contributed by atoms with Crippen LogP contribution in [0, 0.1) is 0 Å². The van der Waals surface area contributed by atoms with Crippen molar-refractivity contribution in [2.24, 2.45) is 0 Å². The van der Waals surface area contributed by atoms with E-state index in [0.717, 1.165) is 24.0 Å². The quantitative estimate of drug-likeness (QED) is 0.916. The lowest BCUT2D eigenvalue weighted by molar-refractivity contribution is -0.141. The summed E-state index contributed by atoms with van der Waals surface area (Å²) in [6, 6.07) is 1.02. The van der Waals surface area contributed by atoms with E-state index in [-0.39, 0.29) is 11.8 Å². The maximum atomic E-state index is 12.6. The average Bonchev–Trinajstić information content (AvgIpc) is 3.17. The molecule has 0 aliphatic carbocycles. The van der Waals surface area contributed by atoms with Crippen LogP contribution in [0.3, 0.4) is 0 Å². The smallest absolute Gasteiger partial charge is 0.337 e. The topological polar surface area (TPSA) is 74.8 Å². The van der Waals surface area contributed by atoms with E-state index in [1.165, 1.54) is 6.20 Å². The van der Waals surface area contributed by atoms with Gasteiger partial charge in [0.05, 0.1) is 6.20 Å². The molecule has 1 aliphatic heterocycles. The molecule has 1 saturated heterocycles. The standard InChI is InChI=1S/C12H12F3N5OS/c13-12(14,15)10-4-8(17-18-10)7-2-1-3-20(6-7)11(21)9-5-16-19-22-9/h4-5,7H,1-3,6H2,(H,17,18)/t7-/m1/s1. The Morgan fingerprint density at radius 3 is 2.91 bits per heavy atom. The van der Waals surface area contributed by atoms with Crippen molar-refractivity contribution in [3.05, 3.63) is 28.5 Å². The third-order valence-electron chi connectivity index (χ3n) is 3.61. The number of H-pyrrole nitrogens is 1. The fourth-order valence-electron chi connectivity index (χ4n) is 2.52. The van der Waals surface area contributed by atoms with Gasteiger partial charge in [0.1, 0.15) is 4.88 Å². The Kier molecular flexibility index (Phi) is 3.85. The zero-order valence-corrected chi connectivity index (χ0v) is 12.1. The molecule has 0 spiro atoms. The molecule has 1 fully saturated rings. The lowest BCUT2D eigenvalue weighted by atomic mass is 9.94. The Labute approximate surface area is 127 Å². The Morgan fingerprint density at radius 2 is 2.27 bits per heavy atom. The number of nitrogens with one attached hydrogen (secondary N) is 1. The van der Waals surface area contributed by atoms with E-state index in [2.05, 4.69) is 19.8 Å². The highest BCUT2D eigenvalue weighted by Gasteiger charge is 2.35. The molecule has 1 aliphatic rings. The SMILES string of the molecule is O=C(c1cnns1)N1CCC[C@@H](c2cc(C(F)(F)F)n[nH]2)C1. The second-order valence-electron chi connectivity index (χ2n) is 5.08. The summed E-state index contributed by atoms with van der Waals surface area (Å²) in [7, 11) is 0. The van der Waals surface area contributed by atoms with Gasteiger partial charge in [0.2, 0.25) is 0 Å². The lowest BCUT2D eigenvalue weighted by Gasteiger charge is -2.31. The molecule has 3 heterocycles. The van der Waals surface area contributed by atoms with Gasteiger partial charge in [-0.25, -0.2) is 0 Å². The molecular formula is C12H12F3N5OS. The van der Waals surface area contributed by atoms with Crippen molar-refractivity contribution in [2.75, 3.05) is 13.1 Å². The Balaban J connectivity index is 1.73. The number of aromatic nitrogens is 4. The van der Waals surface area contributed by atoms with Gasteiger partial charge in [-0.2, -0.15) is 18.3 Å². The molecule has 6 nitrogen and oxygen atoms in total. The van der Waals surface area contributed by atoms with Gasteiger partial charge in [0, 0.05) is 24.7 Å². The molecule has 10 heteroatoms. The maximum absolute atomic E-state index is 12.6. The zero-order chi connectivity index (χ0) is 15.7. The van der Waals surface area contributed by atoms with Crippen molar-refractivity contribution < 1.29 is 18.0 Å². The number of nitrogens with zero attached hydrogens (tertiary/aromatic N) is 4. The monoisotopic (exact) mass is 331 g/mol. The number of likely N-dealkylation sites (tertiary alicyclic amines) is 1. The molecule has 1 amide bonds. The number of hydrogen-bond acceptors (Lipinski definition) is 5. The first-order valence-electron chi connectivity index (χ1n) is 6.64. The van der Waals surface area contributed by atoms with E-state index >= 15 is 0 Å². The first-order valence-corrected chi connectivity index (χ1v) is 7.41. The molecule has 1 N–H and O–H groups in total. The molecular weight excluding hydrogens is 319 g/mol. The van der Waals surface area contributed by atoms with Gasteiger partial charge < -0.3 is 4.90 Å². The van der Waals surface area contributed by atoms with E-state index in [9.17, 15) is 18.0 Å². The fraction of sp³-hybridized carbons (Fsp3) is 0.500. The number of hydrogen-bond donors (Lipinski definition) is 1. The van der Waals surface area contributed by atoms with E-state index in [1.807, 2.05) is 0 Å². The molecule has 118 valence electrons. The van der Waals surface area contributed by atoms with Crippen LogP contribution in [-0.2, 0) is 6.18 Å². The average molecular weight is 331 g/mol. The number of amides is 1. The molecule has 2 aromatic rings. The van der Waals surface area contributed by atoms with Crippen LogP contribution in [0.15, 0.2) is 12.3 Å². The first-order chi connectivity index (χ1) is 10.4. The summed E-state index contributed by atoms with van der Waals surface area (Å²) in [6.45, 7) is 0.934. The Bertz CT molecular complexity index is 654. The highest BCUT2D eigenvalue weighted by molar-refractivity contribution is 7.07. The highest BCUT2D eigenvalue weighted by Crippen LogP contribution is 2.32. The number of aromatic amines is 1. The van der Waals surface area contributed by atoms with Crippen LogP contribution in [0.1, 0.15) is 39.8 Å². The van der Waals surface area contributed by atoms with E-state index in [1.54, 1.807) is 4.90 Å². The molecule has 0 radical (unpaired) electrons. The van der Waals surface area contributed by atoms with Gasteiger partial charge in [-0.05, 0) is 30.4 Å². The van der Waals surface area contributed by atoms with Gasteiger partial charge >= 0.3 is 6.18 Å². The van der Waals surface area contributed by atoms with Crippen molar-refractivity contribution in [3.8, 4) is 0 Å². The minimum absolute atomic E-state index is 0.179. The molecule has 0 saturated carbocycles. The number of rotatable bonds is 2. The highest BCUT2D eigenvalue weighted by atomic mass is 32.1. The van der Waals surface area contributed by atoms with Crippen molar-refractivity contribution in [2.45, 2.75) is 24.9 Å². The van der Waals surface area contributed by atoms with Crippen LogP contribution in [0.5, 0.6) is 0 Å². The van der Waals surface area contributed by atoms with E-state index in [0.29, 0.717) is 30.1 Å². The maximum Gasteiger partial charge on any atom is 0.435 e. The number of piperidine rings is 1. The minimum Gasteiger partial charge on any atom is -0.337 e. The number of carbonyl (C=O) groups excluding carboxylic acids is 1. The zero-order valence-electron chi connectivity index (χ0n) is 11.3. The van der Waals surface area contributed by atoms with Crippen molar-refractivity contribution in [1.29, 1.82) is 0 Å². The predicted octanol–water partition coefficient (Wildman–Crippen LogP) is 2.30. The van der Waals surface area contributed by atoms with Crippen LogP contribution in [0.2, 0.25) is 0 Å². The third kappa shape index (κ3) is 2.96. The van der Waals surface area contributed by atoms with Crippen molar-refractivity contribution in [1.82, 2.24) is 24.7 Å². The van der Waals surface area contributed by atoms with Gasteiger partial charge in [-0.15, -0.1) is 5.10 Å². The summed E-state index contributed by atoms with van der Waals surface area (Å²) in [5, 5.41) is 9.38. The largest absolute Gasteiger partial charge is 0.435 e. The van der Waals surface area contributed by atoms with Crippen molar-refractivity contribution >= 4 is 17.4 Å². The molecule has 2 aromatic heterocycles. The Morgan fingerprint density at radius 1 is 1.45 bits per heavy atom. The second kappa shape index (κ2) is 5.67. The minimum atomic E-state index is -4.47. The van der Waals surface area contributed by atoms with Crippen LogP contribution in [0.4, 0.5) is 13.2 Å². The van der Waals surface area contributed by atoms with E-state index in [4.69, 9.17) is 0 Å². The summed E-state index contributed by atoms with van der Waals surface area (Å²) in [6.07, 6.45) is -1.63. The third-order valence-corrected chi connectivity index (χ3v) is 4.26. The van der Waals surface area contributed by atoms with E-state index < -0.39 is 11.9 Å². The molecule has 1 atom stereocenters. The van der Waals surface area contributed by atoms with Gasteiger partial charge in [-0.3, -0.25) is 9.89 Å². The van der Waals surface area contributed by atoms with Crippen LogP contribution >= 0.6 is 11.5 Å². The molecule has 0 bridgehead atoms. The summed E-state index contributed by atoms with van der Waals surface area (Å²) in [4.78, 5) is 14.3. The summed E-state index contributed by atoms with van der Waals surface area (Å²) >= 11 is 1.01. The van der Waals surface area contributed by atoms with Gasteiger partial charge in [-0.1, -0.05) is 4.49 Å². The van der Waals surface area contributed by atoms with Crippen LogP contribution in [0.25, 0.3) is 0 Å². The second-order valence-corrected chi connectivity index (χ2v) is 5.86. The van der Waals surface area contributed by atoms with Crippen molar-refractivity contribution in [3.63, 3.8) is 0 Å². The molecule has 3 rings (SSSR count). The van der Waals surface area contributed by atoms with Crippen LogP contribution in [-0.4, -0.2) is 43.7 Å². The first kappa shape index (κ1) is 14.9. The predicted molar refractivity (Wildman–Crippen MR) is 71.4 cm³/mol. The molecule has 0 aromatic carbocycles. The molecule has 22 heavy (non-hydrogen) atoms. The number of alkyl halides is 3. The van der Waals surface area contributed by atoms with Gasteiger partial charge in [0.15, 0.2) is 5.69 Å².